The predicted octanol–water partition coefficient (Wildman–Crippen LogP) is 5.44. The summed E-state index contributed by atoms with van der Waals surface area (Å²) in [5.74, 6) is 0. The van der Waals surface area contributed by atoms with Crippen molar-refractivity contribution in [3.8, 4) is 0 Å². The van der Waals surface area contributed by atoms with Crippen LogP contribution in [0.2, 0.25) is 0 Å². The Morgan fingerprint density at radius 1 is 1.15 bits per heavy atom. The van der Waals surface area contributed by atoms with E-state index in [1.54, 1.807) is 12.1 Å². The summed E-state index contributed by atoms with van der Waals surface area (Å²) in [6.45, 7) is 7.66. The van der Waals surface area contributed by atoms with Gasteiger partial charge in [0.2, 0.25) is 0 Å². The Balaban J connectivity index is 1.40. The predicted molar refractivity (Wildman–Crippen MR) is 130 cm³/mol. The van der Waals surface area contributed by atoms with Gasteiger partial charge in [-0.2, -0.15) is 13.2 Å². The second kappa shape index (κ2) is 11.6. The molecule has 2 atom stereocenters. The number of aryl methyl sites for hydroxylation is 1. The molecular formula is C27H37F3N4. The normalized spacial score (nSPS) is 21.6. The van der Waals surface area contributed by atoms with Crippen molar-refractivity contribution in [3.05, 3.63) is 65.0 Å². The molecule has 0 bridgehead atoms. The number of piperazine rings is 1. The topological polar surface area (TPSA) is 31.4 Å². The fourth-order valence-electron chi connectivity index (χ4n) is 5.38. The largest absolute Gasteiger partial charge is 0.416 e. The first kappa shape index (κ1) is 25.1. The first-order valence-electron chi connectivity index (χ1n) is 12.7. The molecule has 1 N–H and O–H groups in total. The summed E-state index contributed by atoms with van der Waals surface area (Å²) >= 11 is 0. The highest BCUT2D eigenvalue weighted by Gasteiger charge is 2.31. The van der Waals surface area contributed by atoms with Crippen molar-refractivity contribution in [3.63, 3.8) is 0 Å². The van der Waals surface area contributed by atoms with Gasteiger partial charge in [0.15, 0.2) is 0 Å². The van der Waals surface area contributed by atoms with Crippen LogP contribution in [0.15, 0.2) is 42.6 Å². The lowest BCUT2D eigenvalue weighted by atomic mass is 9.90. The lowest BCUT2D eigenvalue weighted by molar-refractivity contribution is -0.137. The molecule has 0 unspecified atom stereocenters. The zero-order valence-electron chi connectivity index (χ0n) is 20.2. The molecule has 0 saturated carbocycles. The third kappa shape index (κ3) is 6.58. The minimum absolute atomic E-state index is 0.332. The van der Waals surface area contributed by atoms with E-state index >= 15 is 0 Å². The van der Waals surface area contributed by atoms with Crippen LogP contribution in [0.5, 0.6) is 0 Å². The van der Waals surface area contributed by atoms with Crippen molar-refractivity contribution in [1.82, 2.24) is 20.1 Å². The molecule has 7 heteroatoms. The van der Waals surface area contributed by atoms with Gasteiger partial charge in [-0.05, 0) is 61.6 Å². The summed E-state index contributed by atoms with van der Waals surface area (Å²) < 4.78 is 38.6. The van der Waals surface area contributed by atoms with Gasteiger partial charge >= 0.3 is 6.18 Å². The Bertz CT molecular complexity index is 899. The number of pyridine rings is 1. The summed E-state index contributed by atoms with van der Waals surface area (Å²) in [6.07, 6.45) is 4.73. The van der Waals surface area contributed by atoms with E-state index in [1.165, 1.54) is 49.1 Å². The number of hydrogen-bond acceptors (Lipinski definition) is 4. The van der Waals surface area contributed by atoms with Gasteiger partial charge in [-0.15, -0.1) is 0 Å². The molecule has 1 aromatic heterocycles. The Hall–Kier alpha value is -1.96. The molecule has 2 aromatic rings. The van der Waals surface area contributed by atoms with Crippen LogP contribution < -0.4 is 5.32 Å². The highest BCUT2D eigenvalue weighted by Crippen LogP contribution is 2.33. The zero-order chi connectivity index (χ0) is 24.0. The van der Waals surface area contributed by atoms with Gasteiger partial charge in [0.1, 0.15) is 0 Å². The molecule has 1 aromatic carbocycles. The van der Waals surface area contributed by atoms with Crippen molar-refractivity contribution in [1.29, 1.82) is 0 Å². The average Bonchev–Trinajstić information content (AvgIpc) is 2.83. The molecule has 4 nitrogen and oxygen atoms in total. The number of nitrogens with one attached hydrogen (secondary N) is 1. The second-order valence-corrected chi connectivity index (χ2v) is 9.74. The Labute approximate surface area is 201 Å². The molecule has 186 valence electrons. The summed E-state index contributed by atoms with van der Waals surface area (Å²) in [4.78, 5) is 9.79. The molecule has 0 amide bonds. The first-order chi connectivity index (χ1) is 16.4. The molecule has 0 spiro atoms. The van der Waals surface area contributed by atoms with E-state index < -0.39 is 11.7 Å². The maximum absolute atomic E-state index is 12.9. The lowest BCUT2D eigenvalue weighted by Crippen LogP contribution is -2.55. The van der Waals surface area contributed by atoms with Gasteiger partial charge in [0.05, 0.1) is 17.3 Å². The van der Waals surface area contributed by atoms with Crippen LogP contribution in [0.25, 0.3) is 0 Å². The minimum atomic E-state index is -4.29. The molecule has 1 aliphatic heterocycles. The first-order valence-corrected chi connectivity index (χ1v) is 12.7. The fourth-order valence-corrected chi connectivity index (χ4v) is 5.38. The summed E-state index contributed by atoms with van der Waals surface area (Å²) in [5, 5.41) is 3.70. The van der Waals surface area contributed by atoms with Gasteiger partial charge in [-0.25, -0.2) is 0 Å². The van der Waals surface area contributed by atoms with Crippen molar-refractivity contribution in [2.45, 2.75) is 70.3 Å². The monoisotopic (exact) mass is 474 g/mol. The smallest absolute Gasteiger partial charge is 0.310 e. The van der Waals surface area contributed by atoms with Crippen LogP contribution in [0.1, 0.15) is 67.5 Å². The van der Waals surface area contributed by atoms with Crippen molar-refractivity contribution < 1.29 is 13.2 Å². The third-order valence-corrected chi connectivity index (χ3v) is 7.14. The molecule has 2 heterocycles. The summed E-state index contributed by atoms with van der Waals surface area (Å²) in [6, 6.07) is 10.6. The Kier molecular flexibility index (Phi) is 8.61. The van der Waals surface area contributed by atoms with Crippen LogP contribution in [0, 0.1) is 0 Å². The number of rotatable bonds is 9. The lowest BCUT2D eigenvalue weighted by Gasteiger charge is -2.40. The Morgan fingerprint density at radius 3 is 2.74 bits per heavy atom. The number of unbranched alkanes of at least 4 members (excludes halogenated alkanes) is 2. The van der Waals surface area contributed by atoms with Crippen LogP contribution in [0.4, 0.5) is 13.2 Å². The number of hydrogen-bond donors (Lipinski definition) is 1. The van der Waals surface area contributed by atoms with Crippen molar-refractivity contribution >= 4 is 0 Å². The maximum Gasteiger partial charge on any atom is 0.416 e. The highest BCUT2D eigenvalue weighted by atomic mass is 19.4. The van der Waals surface area contributed by atoms with E-state index in [4.69, 9.17) is 4.98 Å². The van der Waals surface area contributed by atoms with E-state index in [0.29, 0.717) is 18.6 Å². The van der Waals surface area contributed by atoms with Crippen LogP contribution >= 0.6 is 0 Å². The summed E-state index contributed by atoms with van der Waals surface area (Å²) in [5.41, 5.74) is 2.99. The number of nitrogens with zero attached hydrogens (tertiary/aromatic N) is 3. The average molecular weight is 475 g/mol. The molecular weight excluding hydrogens is 437 g/mol. The molecule has 0 radical (unpaired) electrons. The van der Waals surface area contributed by atoms with E-state index in [9.17, 15) is 13.2 Å². The van der Waals surface area contributed by atoms with Crippen LogP contribution in [-0.2, 0) is 19.1 Å². The number of aromatic nitrogens is 1. The minimum Gasteiger partial charge on any atom is -0.310 e. The molecule has 1 aliphatic carbocycles. The maximum atomic E-state index is 12.9. The molecule has 4 rings (SSSR count). The van der Waals surface area contributed by atoms with E-state index in [-0.39, 0.29) is 0 Å². The zero-order valence-corrected chi connectivity index (χ0v) is 20.2. The number of fused-ring (bicyclic) bond motifs is 1. The van der Waals surface area contributed by atoms with Gasteiger partial charge in [0.25, 0.3) is 0 Å². The fraction of sp³-hybridized carbons (Fsp3) is 0.593. The SMILES string of the molecule is CCCCCN(C[C@H]1CN(Cc2ccc(C(F)(F)F)cc2)CCN1)[C@H]1CCCc2cccnc21. The molecule has 1 saturated heterocycles. The van der Waals surface area contributed by atoms with Gasteiger partial charge in [0, 0.05) is 45.0 Å². The second-order valence-electron chi connectivity index (χ2n) is 9.74. The van der Waals surface area contributed by atoms with Crippen LogP contribution in [-0.4, -0.2) is 53.5 Å². The van der Waals surface area contributed by atoms with Gasteiger partial charge < -0.3 is 5.32 Å². The number of halogens is 3. The van der Waals surface area contributed by atoms with Crippen molar-refractivity contribution in [2.24, 2.45) is 0 Å². The summed E-state index contributed by atoms with van der Waals surface area (Å²) in [7, 11) is 0. The Morgan fingerprint density at radius 2 is 1.97 bits per heavy atom. The van der Waals surface area contributed by atoms with Crippen LogP contribution in [0.3, 0.4) is 0 Å². The third-order valence-electron chi connectivity index (χ3n) is 7.14. The molecule has 34 heavy (non-hydrogen) atoms. The quantitative estimate of drug-likeness (QED) is 0.490. The van der Waals surface area contributed by atoms with Gasteiger partial charge in [-0.1, -0.05) is 38.0 Å². The van der Waals surface area contributed by atoms with E-state index in [2.05, 4.69) is 28.1 Å². The van der Waals surface area contributed by atoms with Gasteiger partial charge in [-0.3, -0.25) is 14.8 Å². The number of alkyl halides is 3. The van der Waals surface area contributed by atoms with Crippen molar-refractivity contribution in [2.75, 3.05) is 32.7 Å². The van der Waals surface area contributed by atoms with E-state index in [0.717, 1.165) is 51.1 Å². The number of benzene rings is 1. The molecule has 2 aliphatic rings. The standard InChI is InChI=1S/C27H37F3N4/c1-2-3-4-16-34(25-9-5-7-22-8-6-14-32-26(22)25)20-24-19-33(17-15-31-24)18-21-10-12-23(13-11-21)27(28,29)30/h6,8,10-14,24-25,31H,2-5,7,9,15-20H2,1H3/t24-,25+/m1/s1. The van der Waals surface area contributed by atoms with E-state index in [1.807, 2.05) is 12.3 Å². The highest BCUT2D eigenvalue weighted by molar-refractivity contribution is 5.26. The molecule has 1 fully saturated rings.